The maximum atomic E-state index is 12.4. The minimum atomic E-state index is -3.61. The van der Waals surface area contributed by atoms with Gasteiger partial charge in [0.05, 0.1) is 11.4 Å². The molecular weight excluding hydrogens is 388 g/mol. The second kappa shape index (κ2) is 9.55. The molecule has 0 fully saturated rings. The molecule has 0 aromatic heterocycles. The Morgan fingerprint density at radius 2 is 1.81 bits per heavy atom. The molecule has 1 N–H and O–H groups in total. The van der Waals surface area contributed by atoms with Crippen LogP contribution in [0.15, 0.2) is 66.1 Å². The summed E-state index contributed by atoms with van der Waals surface area (Å²) in [5, 5.41) is 0.625. The number of halogens is 1. The van der Waals surface area contributed by atoms with Gasteiger partial charge in [-0.15, -0.1) is 6.58 Å². The fourth-order valence-corrected chi connectivity index (χ4v) is 3.31. The Balaban J connectivity index is 1.92. The highest BCUT2D eigenvalue weighted by Crippen LogP contribution is 2.16. The molecule has 8 heteroatoms. The summed E-state index contributed by atoms with van der Waals surface area (Å²) in [6.45, 7) is 4.31. The van der Waals surface area contributed by atoms with Gasteiger partial charge in [0, 0.05) is 24.2 Å². The lowest BCUT2D eigenvalue weighted by molar-refractivity contribution is 0.0773. The van der Waals surface area contributed by atoms with E-state index in [0.717, 1.165) is 0 Å². The predicted molar refractivity (Wildman–Crippen MR) is 106 cm³/mol. The molecule has 1 amide bonds. The van der Waals surface area contributed by atoms with Crippen LogP contribution in [0.1, 0.15) is 10.4 Å². The Bertz CT molecular complexity index is 881. The third-order valence-electron chi connectivity index (χ3n) is 3.69. The Morgan fingerprint density at radius 1 is 1.19 bits per heavy atom. The van der Waals surface area contributed by atoms with E-state index < -0.39 is 10.0 Å². The fraction of sp³-hybridized carbons (Fsp3) is 0.211. The third-order valence-corrected chi connectivity index (χ3v) is 5.38. The van der Waals surface area contributed by atoms with Crippen LogP contribution in [0.2, 0.25) is 5.02 Å². The Morgan fingerprint density at radius 3 is 2.41 bits per heavy atom. The molecule has 2 rings (SSSR count). The third kappa shape index (κ3) is 6.09. The van der Waals surface area contributed by atoms with Gasteiger partial charge in [-0.25, -0.2) is 13.1 Å². The number of carbonyl (C=O) groups is 1. The number of sulfonamides is 1. The van der Waals surface area contributed by atoms with Crippen molar-refractivity contribution in [1.29, 1.82) is 0 Å². The molecule has 144 valence electrons. The standard InChI is InChI=1S/C19H21ClN2O4S/c1-3-12-21-27(24,25)18-10-4-15(5-11-18)19(23)22(2)13-14-26-17-8-6-16(20)7-9-17/h3-11,21H,1,12-14H2,2H3. The summed E-state index contributed by atoms with van der Waals surface area (Å²) in [6, 6.07) is 12.7. The summed E-state index contributed by atoms with van der Waals surface area (Å²) in [4.78, 5) is 14.0. The smallest absolute Gasteiger partial charge is 0.253 e. The van der Waals surface area contributed by atoms with E-state index in [4.69, 9.17) is 16.3 Å². The lowest BCUT2D eigenvalue weighted by Crippen LogP contribution is -2.31. The normalized spacial score (nSPS) is 11.0. The van der Waals surface area contributed by atoms with E-state index >= 15 is 0 Å². The van der Waals surface area contributed by atoms with Crippen molar-refractivity contribution in [2.24, 2.45) is 0 Å². The summed E-state index contributed by atoms with van der Waals surface area (Å²) in [7, 11) is -1.95. The van der Waals surface area contributed by atoms with Gasteiger partial charge in [-0.3, -0.25) is 4.79 Å². The largest absolute Gasteiger partial charge is 0.492 e. The number of hydrogen-bond donors (Lipinski definition) is 1. The maximum Gasteiger partial charge on any atom is 0.253 e. The van der Waals surface area contributed by atoms with Crippen molar-refractivity contribution in [1.82, 2.24) is 9.62 Å². The van der Waals surface area contributed by atoms with Gasteiger partial charge in [-0.1, -0.05) is 17.7 Å². The summed E-state index contributed by atoms with van der Waals surface area (Å²) in [6.07, 6.45) is 1.45. The zero-order valence-electron chi connectivity index (χ0n) is 14.9. The van der Waals surface area contributed by atoms with Crippen LogP contribution in [0.5, 0.6) is 5.75 Å². The molecule has 0 aliphatic heterocycles. The van der Waals surface area contributed by atoms with Crippen LogP contribution in [-0.4, -0.2) is 46.0 Å². The summed E-state index contributed by atoms with van der Waals surface area (Å²) in [5.41, 5.74) is 0.395. The second-order valence-corrected chi connectivity index (χ2v) is 7.90. The minimum Gasteiger partial charge on any atom is -0.492 e. The number of amides is 1. The zero-order chi connectivity index (χ0) is 19.9. The number of benzene rings is 2. The van der Waals surface area contributed by atoms with Gasteiger partial charge in [-0.05, 0) is 48.5 Å². The van der Waals surface area contributed by atoms with E-state index in [1.165, 1.54) is 35.2 Å². The maximum absolute atomic E-state index is 12.4. The van der Waals surface area contributed by atoms with Crippen LogP contribution >= 0.6 is 11.6 Å². The van der Waals surface area contributed by atoms with Crippen molar-refractivity contribution in [3.63, 3.8) is 0 Å². The van der Waals surface area contributed by atoms with Gasteiger partial charge in [0.25, 0.3) is 5.91 Å². The monoisotopic (exact) mass is 408 g/mol. The van der Waals surface area contributed by atoms with Gasteiger partial charge in [-0.2, -0.15) is 0 Å². The molecule has 0 saturated heterocycles. The lowest BCUT2D eigenvalue weighted by Gasteiger charge is -2.18. The van der Waals surface area contributed by atoms with Gasteiger partial charge >= 0.3 is 0 Å². The Labute approximate surface area is 164 Å². The minimum absolute atomic E-state index is 0.0922. The van der Waals surface area contributed by atoms with Crippen molar-refractivity contribution in [2.75, 3.05) is 26.7 Å². The molecule has 0 atom stereocenters. The second-order valence-electron chi connectivity index (χ2n) is 5.69. The number of likely N-dealkylation sites (N-methyl/N-ethyl adjacent to an activating group) is 1. The topological polar surface area (TPSA) is 75.7 Å². The number of nitrogens with zero attached hydrogens (tertiary/aromatic N) is 1. The molecule has 6 nitrogen and oxygen atoms in total. The van der Waals surface area contributed by atoms with Crippen molar-refractivity contribution < 1.29 is 17.9 Å². The van der Waals surface area contributed by atoms with E-state index in [1.807, 2.05) is 0 Å². The van der Waals surface area contributed by atoms with Crippen molar-refractivity contribution in [3.8, 4) is 5.75 Å². The van der Waals surface area contributed by atoms with E-state index in [0.29, 0.717) is 29.5 Å². The molecule has 0 bridgehead atoms. The Kier molecular flexibility index (Phi) is 7.41. The predicted octanol–water partition coefficient (Wildman–Crippen LogP) is 2.96. The first-order chi connectivity index (χ1) is 12.8. The van der Waals surface area contributed by atoms with Crippen LogP contribution in [0, 0.1) is 0 Å². The zero-order valence-corrected chi connectivity index (χ0v) is 16.5. The first-order valence-electron chi connectivity index (χ1n) is 8.18. The molecule has 0 unspecified atom stereocenters. The highest BCUT2D eigenvalue weighted by molar-refractivity contribution is 7.89. The summed E-state index contributed by atoms with van der Waals surface area (Å²) in [5.74, 6) is 0.444. The molecular formula is C19H21ClN2O4S. The van der Waals surface area contributed by atoms with Crippen molar-refractivity contribution in [3.05, 3.63) is 71.8 Å². The molecule has 0 heterocycles. The van der Waals surface area contributed by atoms with E-state index in [2.05, 4.69) is 11.3 Å². The SMILES string of the molecule is C=CCNS(=O)(=O)c1ccc(C(=O)N(C)CCOc2ccc(Cl)cc2)cc1. The molecule has 0 radical (unpaired) electrons. The van der Waals surface area contributed by atoms with E-state index in [9.17, 15) is 13.2 Å². The molecule has 0 spiro atoms. The van der Waals surface area contributed by atoms with Gasteiger partial charge in [0.2, 0.25) is 10.0 Å². The summed E-state index contributed by atoms with van der Waals surface area (Å²) < 4.78 is 32.0. The summed E-state index contributed by atoms with van der Waals surface area (Å²) >= 11 is 5.82. The van der Waals surface area contributed by atoms with Crippen LogP contribution in [0.3, 0.4) is 0 Å². The van der Waals surface area contributed by atoms with E-state index in [1.54, 1.807) is 31.3 Å². The lowest BCUT2D eigenvalue weighted by atomic mass is 10.2. The molecule has 0 aliphatic rings. The van der Waals surface area contributed by atoms with Crippen LogP contribution in [0.25, 0.3) is 0 Å². The molecule has 0 aliphatic carbocycles. The molecule has 0 saturated carbocycles. The van der Waals surface area contributed by atoms with E-state index in [-0.39, 0.29) is 17.3 Å². The molecule has 2 aromatic rings. The van der Waals surface area contributed by atoms with Crippen molar-refractivity contribution in [2.45, 2.75) is 4.90 Å². The van der Waals surface area contributed by atoms with Crippen LogP contribution in [0.4, 0.5) is 0 Å². The highest BCUT2D eigenvalue weighted by atomic mass is 35.5. The average molecular weight is 409 g/mol. The van der Waals surface area contributed by atoms with Gasteiger partial charge < -0.3 is 9.64 Å². The first-order valence-corrected chi connectivity index (χ1v) is 10.0. The van der Waals surface area contributed by atoms with Crippen LogP contribution < -0.4 is 9.46 Å². The molecule has 2 aromatic carbocycles. The van der Waals surface area contributed by atoms with Crippen molar-refractivity contribution >= 4 is 27.5 Å². The fourth-order valence-electron chi connectivity index (χ4n) is 2.18. The average Bonchev–Trinajstić information content (AvgIpc) is 2.67. The number of nitrogens with one attached hydrogen (secondary N) is 1. The number of carbonyl (C=O) groups excluding carboxylic acids is 1. The van der Waals surface area contributed by atoms with Gasteiger partial charge in [0.1, 0.15) is 12.4 Å². The van der Waals surface area contributed by atoms with Gasteiger partial charge in [0.15, 0.2) is 0 Å². The number of hydrogen-bond acceptors (Lipinski definition) is 4. The quantitative estimate of drug-likeness (QED) is 0.647. The van der Waals surface area contributed by atoms with Crippen LogP contribution in [-0.2, 0) is 10.0 Å². The number of rotatable bonds is 9. The molecule has 27 heavy (non-hydrogen) atoms. The highest BCUT2D eigenvalue weighted by Gasteiger charge is 2.16. The Hall–Kier alpha value is -2.35. The number of ether oxygens (including phenoxy) is 1. The first kappa shape index (κ1) is 21.0.